The van der Waals surface area contributed by atoms with Crippen LogP contribution in [0.2, 0.25) is 0 Å². The Balaban J connectivity index is 0.000000151. The molecule has 0 atom stereocenters. The van der Waals surface area contributed by atoms with Crippen molar-refractivity contribution in [1.29, 1.82) is 0 Å². The molecule has 0 unspecified atom stereocenters. The lowest BCUT2D eigenvalue weighted by Crippen LogP contribution is -2.18. The first-order valence-electron chi connectivity index (χ1n) is 9.93. The molecule has 0 fully saturated rings. The van der Waals surface area contributed by atoms with Gasteiger partial charge in [0.2, 0.25) is 0 Å². The highest BCUT2D eigenvalue weighted by molar-refractivity contribution is 5.44. The Kier molecular flexibility index (Phi) is 4.37. The molecule has 2 aliphatic carbocycles. The average molecular weight is 350 g/mol. The zero-order valence-corrected chi connectivity index (χ0v) is 17.9. The number of hydrogen-bond donors (Lipinski definition) is 0. The standard InChI is InChI=1S/C13H18.C12H17N/c1-12(2)9-13(3,4)11-8-6-5-7-10(11)12;1-11(2)8-12(3,4)10-9(11)6-5-7-13-10/h5-8H,9H2,1-4H3;5-7H,8H2,1-4H3. The molecular weight excluding hydrogens is 314 g/mol. The van der Waals surface area contributed by atoms with Gasteiger partial charge < -0.3 is 0 Å². The topological polar surface area (TPSA) is 12.9 Å². The van der Waals surface area contributed by atoms with E-state index in [1.807, 2.05) is 12.3 Å². The van der Waals surface area contributed by atoms with Gasteiger partial charge in [-0.05, 0) is 51.8 Å². The Morgan fingerprint density at radius 3 is 1.50 bits per heavy atom. The minimum absolute atomic E-state index is 0.250. The highest BCUT2D eigenvalue weighted by atomic mass is 14.7. The Bertz CT molecular complexity index is 673. The van der Waals surface area contributed by atoms with Crippen LogP contribution < -0.4 is 0 Å². The van der Waals surface area contributed by atoms with Crippen molar-refractivity contribution in [2.24, 2.45) is 0 Å². The molecule has 0 aliphatic heterocycles. The molecule has 0 N–H and O–H groups in total. The molecule has 0 saturated heterocycles. The van der Waals surface area contributed by atoms with Gasteiger partial charge in [0.25, 0.3) is 0 Å². The molecule has 140 valence electrons. The smallest absolute Gasteiger partial charge is 0.0497 e. The molecular formula is C25H35N. The molecule has 1 nitrogen and oxygen atoms in total. The van der Waals surface area contributed by atoms with E-state index in [0.717, 1.165) is 0 Å². The van der Waals surface area contributed by atoms with Crippen LogP contribution in [0.3, 0.4) is 0 Å². The number of aromatic nitrogens is 1. The van der Waals surface area contributed by atoms with E-state index in [0.29, 0.717) is 16.2 Å². The maximum absolute atomic E-state index is 4.51. The van der Waals surface area contributed by atoms with Crippen molar-refractivity contribution in [3.8, 4) is 0 Å². The Hall–Kier alpha value is -1.63. The number of hydrogen-bond acceptors (Lipinski definition) is 1. The normalized spacial score (nSPS) is 22.8. The number of pyridine rings is 1. The SMILES string of the molecule is CC1(C)CC(C)(C)c2ccccc21.CC1(C)CC(C)(C)c2ncccc21. The van der Waals surface area contributed by atoms with Crippen LogP contribution in [0.15, 0.2) is 42.6 Å². The minimum atomic E-state index is 0.250. The van der Waals surface area contributed by atoms with E-state index in [1.165, 1.54) is 24.1 Å². The maximum Gasteiger partial charge on any atom is 0.0497 e. The molecule has 0 saturated carbocycles. The lowest BCUT2D eigenvalue weighted by Gasteiger charge is -2.22. The molecule has 0 radical (unpaired) electrons. The zero-order valence-electron chi connectivity index (χ0n) is 17.9. The summed E-state index contributed by atoms with van der Waals surface area (Å²) in [5.41, 5.74) is 7.08. The lowest BCUT2D eigenvalue weighted by molar-refractivity contribution is 0.399. The summed E-state index contributed by atoms with van der Waals surface area (Å²) in [6.45, 7) is 18.6. The highest BCUT2D eigenvalue weighted by Crippen LogP contribution is 2.49. The second-order valence-electron chi connectivity index (χ2n) is 10.8. The van der Waals surface area contributed by atoms with Gasteiger partial charge in [-0.2, -0.15) is 0 Å². The van der Waals surface area contributed by atoms with Gasteiger partial charge in [0.05, 0.1) is 0 Å². The summed E-state index contributed by atoms with van der Waals surface area (Å²) in [6.07, 6.45) is 4.37. The third-order valence-corrected chi connectivity index (χ3v) is 6.33. The quantitative estimate of drug-likeness (QED) is 0.516. The summed E-state index contributed by atoms with van der Waals surface area (Å²) in [6, 6.07) is 13.1. The Morgan fingerprint density at radius 1 is 0.577 bits per heavy atom. The van der Waals surface area contributed by atoms with Crippen LogP contribution in [-0.2, 0) is 21.7 Å². The van der Waals surface area contributed by atoms with Crippen molar-refractivity contribution in [3.63, 3.8) is 0 Å². The summed E-state index contributed by atoms with van der Waals surface area (Å²) < 4.78 is 0. The second-order valence-corrected chi connectivity index (χ2v) is 10.8. The van der Waals surface area contributed by atoms with Crippen LogP contribution in [0.1, 0.15) is 90.6 Å². The van der Waals surface area contributed by atoms with Gasteiger partial charge in [-0.25, -0.2) is 0 Å². The molecule has 1 heteroatoms. The van der Waals surface area contributed by atoms with E-state index in [4.69, 9.17) is 0 Å². The van der Waals surface area contributed by atoms with Gasteiger partial charge in [0.1, 0.15) is 0 Å². The maximum atomic E-state index is 4.51. The lowest BCUT2D eigenvalue weighted by atomic mass is 9.82. The third-order valence-electron chi connectivity index (χ3n) is 6.33. The summed E-state index contributed by atoms with van der Waals surface area (Å²) >= 11 is 0. The van der Waals surface area contributed by atoms with Gasteiger partial charge in [-0.1, -0.05) is 85.7 Å². The van der Waals surface area contributed by atoms with Crippen molar-refractivity contribution in [2.45, 2.75) is 89.9 Å². The fourth-order valence-corrected chi connectivity index (χ4v) is 5.73. The Labute approximate surface area is 160 Å². The molecule has 1 heterocycles. The predicted octanol–water partition coefficient (Wildman–Crippen LogP) is 6.69. The van der Waals surface area contributed by atoms with E-state index in [-0.39, 0.29) is 5.41 Å². The summed E-state index contributed by atoms with van der Waals surface area (Å²) in [7, 11) is 0. The van der Waals surface area contributed by atoms with E-state index in [2.05, 4.69) is 90.7 Å². The third kappa shape index (κ3) is 3.21. The van der Waals surface area contributed by atoms with Gasteiger partial charge in [0, 0.05) is 17.3 Å². The van der Waals surface area contributed by atoms with Crippen LogP contribution >= 0.6 is 0 Å². The molecule has 1 aromatic carbocycles. The Morgan fingerprint density at radius 2 is 1.00 bits per heavy atom. The van der Waals surface area contributed by atoms with Crippen LogP contribution in [0.4, 0.5) is 0 Å². The van der Waals surface area contributed by atoms with E-state index in [1.54, 1.807) is 11.1 Å². The van der Waals surface area contributed by atoms with Crippen molar-refractivity contribution in [2.75, 3.05) is 0 Å². The molecule has 0 bridgehead atoms. The fraction of sp³-hybridized carbons (Fsp3) is 0.560. The van der Waals surface area contributed by atoms with E-state index >= 15 is 0 Å². The molecule has 0 amide bonds. The summed E-state index contributed by atoms with van der Waals surface area (Å²) in [4.78, 5) is 4.51. The second kappa shape index (κ2) is 5.94. The van der Waals surface area contributed by atoms with E-state index < -0.39 is 0 Å². The first kappa shape index (κ1) is 19.1. The van der Waals surface area contributed by atoms with Crippen molar-refractivity contribution in [3.05, 3.63) is 65.0 Å². The number of fused-ring (bicyclic) bond motifs is 2. The van der Waals surface area contributed by atoms with Crippen LogP contribution in [0.25, 0.3) is 0 Å². The van der Waals surface area contributed by atoms with Gasteiger partial charge >= 0.3 is 0 Å². The highest BCUT2D eigenvalue weighted by Gasteiger charge is 2.43. The number of rotatable bonds is 0. The fourth-order valence-electron chi connectivity index (χ4n) is 5.73. The van der Waals surface area contributed by atoms with Gasteiger partial charge in [0.15, 0.2) is 0 Å². The van der Waals surface area contributed by atoms with Crippen molar-refractivity contribution in [1.82, 2.24) is 4.98 Å². The zero-order chi connectivity index (χ0) is 19.4. The molecule has 2 aromatic rings. The summed E-state index contributed by atoms with van der Waals surface area (Å²) in [5.74, 6) is 0. The average Bonchev–Trinajstić information content (AvgIpc) is 2.84. The van der Waals surface area contributed by atoms with Gasteiger partial charge in [-0.3, -0.25) is 4.98 Å². The monoisotopic (exact) mass is 349 g/mol. The molecule has 1 aromatic heterocycles. The molecule has 4 rings (SSSR count). The van der Waals surface area contributed by atoms with E-state index in [9.17, 15) is 0 Å². The van der Waals surface area contributed by atoms with Crippen LogP contribution in [-0.4, -0.2) is 4.98 Å². The van der Waals surface area contributed by atoms with Gasteiger partial charge in [-0.15, -0.1) is 0 Å². The first-order chi connectivity index (χ1) is 11.9. The van der Waals surface area contributed by atoms with Crippen molar-refractivity contribution < 1.29 is 0 Å². The largest absolute Gasteiger partial charge is 0.260 e. The minimum Gasteiger partial charge on any atom is -0.260 e. The van der Waals surface area contributed by atoms with Crippen molar-refractivity contribution >= 4 is 0 Å². The summed E-state index contributed by atoms with van der Waals surface area (Å²) in [5, 5.41) is 0. The van der Waals surface area contributed by atoms with Crippen LogP contribution in [0.5, 0.6) is 0 Å². The first-order valence-corrected chi connectivity index (χ1v) is 9.93. The predicted molar refractivity (Wildman–Crippen MR) is 112 cm³/mol. The molecule has 0 spiro atoms. The molecule has 26 heavy (non-hydrogen) atoms. The number of benzene rings is 1. The molecule has 2 aliphatic rings. The van der Waals surface area contributed by atoms with Crippen LogP contribution in [0, 0.1) is 0 Å². The number of nitrogens with zero attached hydrogens (tertiary/aromatic N) is 1.